The highest BCUT2D eigenvalue weighted by molar-refractivity contribution is 8.01. The van der Waals surface area contributed by atoms with Gasteiger partial charge in [-0.3, -0.25) is 14.3 Å². The highest BCUT2D eigenvalue weighted by atomic mass is 32.2. The maximum Gasteiger partial charge on any atom is 0.261 e. The fourth-order valence-corrected chi connectivity index (χ4v) is 5.02. The Hall–Kier alpha value is -3.37. The molecule has 0 aromatic heterocycles. The van der Waals surface area contributed by atoms with E-state index in [0.29, 0.717) is 16.9 Å². The first-order valence-corrected chi connectivity index (χ1v) is 11.9. The quantitative estimate of drug-likeness (QED) is 0.514. The van der Waals surface area contributed by atoms with Crippen LogP contribution < -0.4 is 15.4 Å². The van der Waals surface area contributed by atoms with Gasteiger partial charge in [0.05, 0.1) is 21.5 Å². The summed E-state index contributed by atoms with van der Waals surface area (Å²) in [5, 5.41) is 5.28. The topological polar surface area (TPSA) is 104 Å². The van der Waals surface area contributed by atoms with Crippen molar-refractivity contribution in [1.82, 2.24) is 0 Å². The molecule has 0 radical (unpaired) electrons. The smallest absolute Gasteiger partial charge is 0.261 e. The highest BCUT2D eigenvalue weighted by Crippen LogP contribution is 2.36. The number of hydrogen-bond donors (Lipinski definition) is 3. The number of nitrogens with one attached hydrogen (secondary N) is 3. The Labute approximate surface area is 188 Å². The number of amides is 2. The number of thioether (sulfide) groups is 1. The van der Waals surface area contributed by atoms with Gasteiger partial charge in [-0.25, -0.2) is 12.8 Å². The van der Waals surface area contributed by atoms with Crippen LogP contribution >= 0.6 is 11.8 Å². The van der Waals surface area contributed by atoms with E-state index < -0.39 is 21.7 Å². The molecule has 1 aliphatic heterocycles. The number of sulfonamides is 1. The Bertz CT molecular complexity index is 1310. The van der Waals surface area contributed by atoms with E-state index in [1.165, 1.54) is 54.2 Å². The van der Waals surface area contributed by atoms with Gasteiger partial charge < -0.3 is 10.6 Å². The minimum Gasteiger partial charge on any atom is -0.324 e. The van der Waals surface area contributed by atoms with Gasteiger partial charge in [-0.1, -0.05) is 6.07 Å². The average molecular weight is 472 g/mol. The SMILES string of the molecule is C[C@H]1Sc2ccc(C(=O)Nc3ccc(S(=O)(=O)Nc4cccc(F)c4)cc3)cc2NC1=O. The number of benzene rings is 3. The van der Waals surface area contributed by atoms with E-state index in [0.717, 1.165) is 11.0 Å². The molecule has 4 rings (SSSR count). The number of rotatable bonds is 5. The van der Waals surface area contributed by atoms with Crippen LogP contribution in [0.15, 0.2) is 76.5 Å². The van der Waals surface area contributed by atoms with Gasteiger partial charge in [0.2, 0.25) is 5.91 Å². The van der Waals surface area contributed by atoms with E-state index in [1.54, 1.807) is 25.1 Å². The van der Waals surface area contributed by atoms with Crippen LogP contribution in [0.2, 0.25) is 0 Å². The number of carbonyl (C=O) groups is 2. The fourth-order valence-electron chi connectivity index (χ4n) is 3.04. The predicted molar refractivity (Wildman–Crippen MR) is 122 cm³/mol. The minimum absolute atomic E-state index is 0.0394. The van der Waals surface area contributed by atoms with Gasteiger partial charge in [0.1, 0.15) is 5.82 Å². The molecule has 32 heavy (non-hydrogen) atoms. The fraction of sp³-hybridized carbons (Fsp3) is 0.0909. The molecule has 0 bridgehead atoms. The summed E-state index contributed by atoms with van der Waals surface area (Å²) >= 11 is 1.42. The van der Waals surface area contributed by atoms with E-state index in [4.69, 9.17) is 0 Å². The molecule has 164 valence electrons. The average Bonchev–Trinajstić information content (AvgIpc) is 2.74. The number of halogens is 1. The van der Waals surface area contributed by atoms with Gasteiger partial charge in [0.15, 0.2) is 0 Å². The first kappa shape index (κ1) is 21.8. The summed E-state index contributed by atoms with van der Waals surface area (Å²) in [4.78, 5) is 25.3. The summed E-state index contributed by atoms with van der Waals surface area (Å²) in [6, 6.07) is 15.7. The van der Waals surface area contributed by atoms with Gasteiger partial charge >= 0.3 is 0 Å². The lowest BCUT2D eigenvalue weighted by atomic mass is 10.1. The number of fused-ring (bicyclic) bond motifs is 1. The van der Waals surface area contributed by atoms with Crippen molar-refractivity contribution in [2.24, 2.45) is 0 Å². The summed E-state index contributed by atoms with van der Waals surface area (Å²) in [5.41, 5.74) is 1.43. The third-order valence-corrected chi connectivity index (χ3v) is 7.25. The van der Waals surface area contributed by atoms with Crippen LogP contribution in [-0.2, 0) is 14.8 Å². The van der Waals surface area contributed by atoms with Crippen LogP contribution in [0.3, 0.4) is 0 Å². The molecule has 1 heterocycles. The van der Waals surface area contributed by atoms with Gasteiger partial charge in [0.25, 0.3) is 15.9 Å². The lowest BCUT2D eigenvalue weighted by Gasteiger charge is -2.21. The molecule has 0 spiro atoms. The third-order valence-electron chi connectivity index (χ3n) is 4.67. The largest absolute Gasteiger partial charge is 0.324 e. The molecule has 1 aliphatic rings. The molecule has 3 N–H and O–H groups in total. The zero-order valence-corrected chi connectivity index (χ0v) is 18.4. The van der Waals surface area contributed by atoms with Gasteiger partial charge in [-0.2, -0.15) is 0 Å². The number of anilines is 3. The monoisotopic (exact) mass is 471 g/mol. The lowest BCUT2D eigenvalue weighted by molar-refractivity contribution is -0.115. The van der Waals surface area contributed by atoms with Crippen molar-refractivity contribution in [1.29, 1.82) is 0 Å². The van der Waals surface area contributed by atoms with Crippen molar-refractivity contribution >= 4 is 50.7 Å². The summed E-state index contributed by atoms with van der Waals surface area (Å²) in [5.74, 6) is -1.08. The zero-order valence-electron chi connectivity index (χ0n) is 16.8. The number of hydrogen-bond acceptors (Lipinski definition) is 5. The molecular weight excluding hydrogens is 453 g/mol. The molecule has 3 aromatic rings. The molecular formula is C22H18FN3O4S2. The zero-order chi connectivity index (χ0) is 22.9. The van der Waals surface area contributed by atoms with E-state index in [9.17, 15) is 22.4 Å². The van der Waals surface area contributed by atoms with E-state index in [2.05, 4.69) is 15.4 Å². The highest BCUT2D eigenvalue weighted by Gasteiger charge is 2.24. The molecule has 3 aromatic carbocycles. The maximum atomic E-state index is 13.3. The van der Waals surface area contributed by atoms with Crippen molar-refractivity contribution in [3.8, 4) is 0 Å². The molecule has 2 amide bonds. The second-order valence-corrected chi connectivity index (χ2v) is 10.1. The Morgan fingerprint density at radius 2 is 1.78 bits per heavy atom. The predicted octanol–water partition coefficient (Wildman–Crippen LogP) is 4.31. The summed E-state index contributed by atoms with van der Waals surface area (Å²) in [6.45, 7) is 1.81. The third kappa shape index (κ3) is 4.76. The van der Waals surface area contributed by atoms with Crippen LogP contribution in [0.25, 0.3) is 0 Å². The Morgan fingerprint density at radius 3 is 2.50 bits per heavy atom. The normalized spacial score (nSPS) is 15.4. The van der Waals surface area contributed by atoms with Crippen LogP contribution in [0.1, 0.15) is 17.3 Å². The van der Waals surface area contributed by atoms with Crippen molar-refractivity contribution in [3.05, 3.63) is 78.1 Å². The molecule has 0 fully saturated rings. The van der Waals surface area contributed by atoms with E-state index in [-0.39, 0.29) is 21.7 Å². The van der Waals surface area contributed by atoms with Crippen LogP contribution in [0, 0.1) is 5.82 Å². The van der Waals surface area contributed by atoms with Gasteiger partial charge in [0, 0.05) is 16.1 Å². The maximum absolute atomic E-state index is 13.3. The standard InChI is InChI=1S/C22H18FN3O4S2/c1-13-21(27)25-19-11-14(5-10-20(19)31-13)22(28)24-16-6-8-18(9-7-16)32(29,30)26-17-4-2-3-15(23)12-17/h2-13,26H,1H3,(H,24,28)(H,25,27)/t13-/m1/s1. The summed E-state index contributed by atoms with van der Waals surface area (Å²) < 4.78 is 40.6. The van der Waals surface area contributed by atoms with Crippen LogP contribution in [0.4, 0.5) is 21.5 Å². The molecule has 7 nitrogen and oxygen atoms in total. The Kier molecular flexibility index (Phi) is 5.90. The van der Waals surface area contributed by atoms with Crippen LogP contribution in [0.5, 0.6) is 0 Å². The molecule has 0 saturated carbocycles. The summed E-state index contributed by atoms with van der Waals surface area (Å²) in [6.07, 6.45) is 0. The van der Waals surface area contributed by atoms with Crippen molar-refractivity contribution in [2.75, 3.05) is 15.4 Å². The Balaban J connectivity index is 1.46. The van der Waals surface area contributed by atoms with Crippen molar-refractivity contribution in [2.45, 2.75) is 22.0 Å². The summed E-state index contributed by atoms with van der Waals surface area (Å²) in [7, 11) is -3.92. The van der Waals surface area contributed by atoms with Crippen molar-refractivity contribution in [3.63, 3.8) is 0 Å². The van der Waals surface area contributed by atoms with Crippen LogP contribution in [-0.4, -0.2) is 25.5 Å². The van der Waals surface area contributed by atoms with E-state index >= 15 is 0 Å². The number of carbonyl (C=O) groups excluding carboxylic acids is 2. The lowest BCUT2D eigenvalue weighted by Crippen LogP contribution is -2.26. The van der Waals surface area contributed by atoms with E-state index in [1.807, 2.05) is 0 Å². The molecule has 0 unspecified atom stereocenters. The molecule has 1 atom stereocenters. The Morgan fingerprint density at radius 1 is 1.03 bits per heavy atom. The molecule has 0 saturated heterocycles. The second kappa shape index (κ2) is 8.64. The first-order valence-electron chi connectivity index (χ1n) is 9.53. The van der Waals surface area contributed by atoms with Gasteiger partial charge in [-0.05, 0) is 67.6 Å². The molecule has 10 heteroatoms. The first-order chi connectivity index (χ1) is 15.2. The van der Waals surface area contributed by atoms with Crippen molar-refractivity contribution < 1.29 is 22.4 Å². The van der Waals surface area contributed by atoms with Gasteiger partial charge in [-0.15, -0.1) is 11.8 Å². The molecule has 0 aliphatic carbocycles. The second-order valence-electron chi connectivity index (χ2n) is 7.05. The minimum atomic E-state index is -3.92.